The fourth-order valence-electron chi connectivity index (χ4n) is 3.93. The van der Waals surface area contributed by atoms with Gasteiger partial charge in [0.1, 0.15) is 5.76 Å². The normalized spacial score (nSPS) is 24.7. The number of nitrogens with zero attached hydrogens (tertiary/aromatic N) is 1. The van der Waals surface area contributed by atoms with Crippen LogP contribution in [0.1, 0.15) is 44.3 Å². The van der Waals surface area contributed by atoms with Gasteiger partial charge < -0.3 is 19.0 Å². The van der Waals surface area contributed by atoms with Gasteiger partial charge in [-0.25, -0.2) is 4.79 Å². The number of piperidine rings is 1. The Bertz CT molecular complexity index is 637. The summed E-state index contributed by atoms with van der Waals surface area (Å²) in [5.41, 5.74) is 0.0872. The minimum atomic E-state index is -5.08. The van der Waals surface area contributed by atoms with Crippen molar-refractivity contribution in [2.24, 2.45) is 5.92 Å². The van der Waals surface area contributed by atoms with Gasteiger partial charge in [-0.05, 0) is 43.7 Å². The smallest absolute Gasteiger partial charge is 0.475 e. The fraction of sp³-hybridized carbons (Fsp3) is 0.750. The predicted octanol–water partition coefficient (Wildman–Crippen LogP) is 3.85. The number of halogens is 3. The molecule has 1 aliphatic carbocycles. The molecule has 9 heteroatoms. The zero-order valence-corrected chi connectivity index (χ0v) is 16.3. The Morgan fingerprint density at radius 1 is 1.31 bits per heavy atom. The molecule has 29 heavy (non-hydrogen) atoms. The molecule has 3 heterocycles. The van der Waals surface area contributed by atoms with E-state index < -0.39 is 12.1 Å². The van der Waals surface area contributed by atoms with Gasteiger partial charge in [0.2, 0.25) is 0 Å². The summed E-state index contributed by atoms with van der Waals surface area (Å²) >= 11 is 0. The molecule has 6 nitrogen and oxygen atoms in total. The molecule has 3 aliphatic rings. The van der Waals surface area contributed by atoms with Gasteiger partial charge in [-0.1, -0.05) is 6.42 Å². The molecule has 0 bridgehead atoms. The van der Waals surface area contributed by atoms with Crippen molar-refractivity contribution in [2.75, 3.05) is 26.3 Å². The second kappa shape index (κ2) is 9.49. The number of carboxylic acid groups (broad SMARTS) is 1. The molecule has 1 atom stereocenters. The maximum atomic E-state index is 10.6. The van der Waals surface area contributed by atoms with Gasteiger partial charge in [-0.15, -0.1) is 0 Å². The van der Waals surface area contributed by atoms with Crippen LogP contribution in [0.5, 0.6) is 0 Å². The first-order valence-electron chi connectivity index (χ1n) is 10.1. The molecule has 1 saturated carbocycles. The summed E-state index contributed by atoms with van der Waals surface area (Å²) in [4.78, 5) is 11.4. The monoisotopic (exact) mass is 419 g/mol. The molecule has 0 aromatic carbocycles. The average Bonchev–Trinajstić information content (AvgIpc) is 3.26. The van der Waals surface area contributed by atoms with Crippen molar-refractivity contribution in [1.29, 1.82) is 0 Å². The number of carboxylic acids is 1. The fourth-order valence-corrected chi connectivity index (χ4v) is 3.93. The van der Waals surface area contributed by atoms with Crippen molar-refractivity contribution in [2.45, 2.75) is 63.0 Å². The molecule has 2 saturated heterocycles. The largest absolute Gasteiger partial charge is 0.490 e. The maximum Gasteiger partial charge on any atom is 0.490 e. The number of hydrogen-bond acceptors (Lipinski definition) is 5. The number of likely N-dealkylation sites (tertiary alicyclic amines) is 1. The summed E-state index contributed by atoms with van der Waals surface area (Å²) in [5, 5.41) is 7.12. The highest BCUT2D eigenvalue weighted by Gasteiger charge is 2.43. The van der Waals surface area contributed by atoms with Crippen molar-refractivity contribution >= 4 is 5.97 Å². The van der Waals surface area contributed by atoms with Gasteiger partial charge in [-0.2, -0.15) is 13.2 Å². The molecule has 164 valence electrons. The van der Waals surface area contributed by atoms with Crippen molar-refractivity contribution in [1.82, 2.24) is 4.90 Å². The van der Waals surface area contributed by atoms with E-state index in [1.807, 2.05) is 6.07 Å². The molecule has 1 N–H and O–H groups in total. The van der Waals surface area contributed by atoms with Gasteiger partial charge in [0.25, 0.3) is 0 Å². The Labute approximate surface area is 167 Å². The van der Waals surface area contributed by atoms with E-state index in [1.165, 1.54) is 19.3 Å². The topological polar surface area (TPSA) is 72.1 Å². The summed E-state index contributed by atoms with van der Waals surface area (Å²) in [6.45, 7) is 4.86. The Hall–Kier alpha value is -1.58. The highest BCUT2D eigenvalue weighted by atomic mass is 19.4. The standard InChI is InChI=1S/C18H27NO3.C2HF3O2/c1-3-15(4-1)13-21-17-11-18(22-14-17)6-8-19(9-7-18)12-16-5-2-10-20-16;3-2(4,5)1(6)7/h2,5,10,15,17H,1,3-4,6-9,11-14H2;(H,6,7). The van der Waals surface area contributed by atoms with Gasteiger partial charge in [0, 0.05) is 26.1 Å². The van der Waals surface area contributed by atoms with Crippen molar-refractivity contribution in [3.8, 4) is 0 Å². The van der Waals surface area contributed by atoms with E-state index in [9.17, 15) is 13.2 Å². The Kier molecular flexibility index (Phi) is 7.23. The summed E-state index contributed by atoms with van der Waals surface area (Å²) in [5.74, 6) is -0.871. The van der Waals surface area contributed by atoms with Gasteiger partial charge in [0.15, 0.2) is 0 Å². The maximum absolute atomic E-state index is 10.6. The van der Waals surface area contributed by atoms with E-state index in [0.717, 1.165) is 63.8 Å². The van der Waals surface area contributed by atoms with Crippen LogP contribution in [-0.2, 0) is 20.8 Å². The number of alkyl halides is 3. The van der Waals surface area contributed by atoms with Crippen LogP contribution in [-0.4, -0.2) is 60.2 Å². The molecule has 1 unspecified atom stereocenters. The Morgan fingerprint density at radius 2 is 2.00 bits per heavy atom. The minimum Gasteiger partial charge on any atom is -0.475 e. The summed E-state index contributed by atoms with van der Waals surface area (Å²) in [6.07, 6.45) is 4.45. The van der Waals surface area contributed by atoms with Crippen LogP contribution in [0.2, 0.25) is 0 Å². The zero-order chi connectivity index (χ0) is 20.9. The SMILES string of the molecule is O=C(O)C(F)(F)F.c1coc(CN2CCC3(CC2)CC(OCC2CCC2)CO3)c1. The molecule has 1 spiro atoms. The summed E-state index contributed by atoms with van der Waals surface area (Å²) in [6, 6.07) is 4.02. The first-order valence-corrected chi connectivity index (χ1v) is 10.1. The quantitative estimate of drug-likeness (QED) is 0.782. The third kappa shape index (κ3) is 6.45. The lowest BCUT2D eigenvalue weighted by molar-refractivity contribution is -0.192. The van der Waals surface area contributed by atoms with E-state index >= 15 is 0 Å². The third-order valence-electron chi connectivity index (χ3n) is 5.94. The average molecular weight is 419 g/mol. The molecule has 4 rings (SSSR count). The van der Waals surface area contributed by atoms with E-state index in [0.29, 0.717) is 6.10 Å². The molecule has 1 aromatic rings. The second-order valence-electron chi connectivity index (χ2n) is 8.11. The number of rotatable bonds is 5. The minimum absolute atomic E-state index is 0.0872. The highest BCUT2D eigenvalue weighted by molar-refractivity contribution is 5.73. The van der Waals surface area contributed by atoms with Gasteiger partial charge in [0.05, 0.1) is 31.1 Å². The third-order valence-corrected chi connectivity index (χ3v) is 5.94. The number of carbonyl (C=O) groups is 1. The van der Waals surface area contributed by atoms with Crippen LogP contribution in [0.3, 0.4) is 0 Å². The van der Waals surface area contributed by atoms with Crippen LogP contribution >= 0.6 is 0 Å². The molecule has 0 radical (unpaired) electrons. The van der Waals surface area contributed by atoms with Crippen LogP contribution < -0.4 is 0 Å². The number of hydrogen-bond donors (Lipinski definition) is 1. The van der Waals surface area contributed by atoms with Crippen molar-refractivity contribution in [3.05, 3.63) is 24.2 Å². The first kappa shape index (κ1) is 22.1. The Balaban J connectivity index is 0.000000298. The molecule has 0 amide bonds. The van der Waals surface area contributed by atoms with Crippen molar-refractivity contribution in [3.63, 3.8) is 0 Å². The summed E-state index contributed by atoms with van der Waals surface area (Å²) in [7, 11) is 0. The lowest BCUT2D eigenvalue weighted by atomic mass is 9.86. The van der Waals surface area contributed by atoms with Crippen LogP contribution in [0.25, 0.3) is 0 Å². The van der Waals surface area contributed by atoms with Crippen molar-refractivity contribution < 1.29 is 37.0 Å². The predicted molar refractivity (Wildman–Crippen MR) is 97.3 cm³/mol. The van der Waals surface area contributed by atoms with Crippen LogP contribution in [0.4, 0.5) is 13.2 Å². The molecule has 2 aliphatic heterocycles. The number of furan rings is 1. The number of ether oxygens (including phenoxy) is 2. The van der Waals surface area contributed by atoms with Crippen LogP contribution in [0, 0.1) is 5.92 Å². The van der Waals surface area contributed by atoms with E-state index in [-0.39, 0.29) is 5.60 Å². The lowest BCUT2D eigenvalue weighted by Crippen LogP contribution is -2.43. The van der Waals surface area contributed by atoms with Gasteiger partial charge >= 0.3 is 12.1 Å². The lowest BCUT2D eigenvalue weighted by Gasteiger charge is -2.38. The van der Waals surface area contributed by atoms with Gasteiger partial charge in [-0.3, -0.25) is 4.90 Å². The van der Waals surface area contributed by atoms with E-state index in [2.05, 4.69) is 11.0 Å². The molecular formula is C20H28F3NO5. The van der Waals surface area contributed by atoms with Crippen LogP contribution in [0.15, 0.2) is 22.8 Å². The number of aliphatic carboxylic acids is 1. The second-order valence-corrected chi connectivity index (χ2v) is 8.11. The highest BCUT2D eigenvalue weighted by Crippen LogP contribution is 2.38. The summed E-state index contributed by atoms with van der Waals surface area (Å²) < 4.78 is 49.5. The Morgan fingerprint density at radius 3 is 2.52 bits per heavy atom. The van der Waals surface area contributed by atoms with E-state index in [4.69, 9.17) is 23.8 Å². The molecule has 1 aromatic heterocycles. The molecule has 3 fully saturated rings. The first-order chi connectivity index (χ1) is 13.8. The van der Waals surface area contributed by atoms with E-state index in [1.54, 1.807) is 6.26 Å². The zero-order valence-electron chi connectivity index (χ0n) is 16.3. The molecular weight excluding hydrogens is 391 g/mol.